The molecule has 0 saturated carbocycles. The first kappa shape index (κ1) is 33.2. The summed E-state index contributed by atoms with van der Waals surface area (Å²) in [7, 11) is 3.89. The van der Waals surface area contributed by atoms with Crippen LogP contribution in [0.4, 0.5) is 4.20 Å². The van der Waals surface area contributed by atoms with Gasteiger partial charge in [-0.15, -0.1) is 0 Å². The van der Waals surface area contributed by atoms with Gasteiger partial charge >= 0.3 is 204 Å². The number of hydrogen-bond acceptors (Lipinski definition) is 3. The van der Waals surface area contributed by atoms with Gasteiger partial charge in [-0.05, 0) is 12.1 Å². The van der Waals surface area contributed by atoms with Crippen LogP contribution in [0.1, 0.15) is 56.7 Å². The first-order valence-corrected chi connectivity index (χ1v) is 18.7. The third-order valence-corrected chi connectivity index (χ3v) is 14.1. The van der Waals surface area contributed by atoms with Crippen LogP contribution in [0.5, 0.6) is 5.75 Å². The molecule has 0 aliphatic carbocycles. The van der Waals surface area contributed by atoms with E-state index in [0.29, 0.717) is 18.7 Å². The zero-order chi connectivity index (χ0) is 32.3. The standard InChI is InChI=1S/C38H47FN5OP/c1-44(2)38-42-36(41-37(40)43-38)31-25-27-32(28-26-31)45-29-17-6-4-3-5-7-18-30-46(39,33-19-11-8-12-20-33,34-21-13-9-14-22-34)35-23-15-10-16-24-35/h8-16,19-28,36H,3-7,17-18,29-30H2,1-2H3,(H3,40,41,42,43)/p+1. The number of nitrogens with zero attached hydrogens (tertiary/aromatic N) is 2. The molecule has 6 nitrogen and oxygen atoms in total. The summed E-state index contributed by atoms with van der Waals surface area (Å²) in [6.07, 6.45) is 7.71. The molecule has 0 aromatic heterocycles. The van der Waals surface area contributed by atoms with E-state index >= 15 is 4.20 Å². The Bertz CT molecular complexity index is 1490. The molecule has 1 atom stereocenters. The predicted octanol–water partition coefficient (Wildman–Crippen LogP) is 6.34. The van der Waals surface area contributed by atoms with E-state index in [0.717, 1.165) is 78.1 Å². The number of hydrogen-bond donors (Lipinski definition) is 3. The monoisotopic (exact) mass is 640 g/mol. The van der Waals surface area contributed by atoms with Crippen molar-refractivity contribution in [2.75, 3.05) is 26.9 Å². The third kappa shape index (κ3) is 7.59. The van der Waals surface area contributed by atoms with Crippen molar-refractivity contribution in [3.8, 4) is 5.75 Å². The van der Waals surface area contributed by atoms with Gasteiger partial charge in [0, 0.05) is 5.56 Å². The van der Waals surface area contributed by atoms with E-state index in [9.17, 15) is 0 Å². The second-order valence-electron chi connectivity index (χ2n) is 12.2. The quantitative estimate of drug-likeness (QED) is 0.0805. The van der Waals surface area contributed by atoms with Gasteiger partial charge in [0.15, 0.2) is 6.17 Å². The van der Waals surface area contributed by atoms with Gasteiger partial charge in [-0.3, -0.25) is 9.89 Å². The molecule has 0 amide bonds. The van der Waals surface area contributed by atoms with E-state index in [2.05, 4.69) is 15.6 Å². The summed E-state index contributed by atoms with van der Waals surface area (Å²) >= 11 is 0. The van der Waals surface area contributed by atoms with Crippen molar-refractivity contribution in [3.63, 3.8) is 0 Å². The second kappa shape index (κ2) is 15.4. The third-order valence-electron chi connectivity index (χ3n) is 8.81. The van der Waals surface area contributed by atoms with Crippen LogP contribution in [0, 0.1) is 0 Å². The van der Waals surface area contributed by atoms with Gasteiger partial charge in [0.25, 0.3) is 5.96 Å². The van der Waals surface area contributed by atoms with Gasteiger partial charge in [0.05, 0.1) is 14.1 Å². The molecule has 1 heterocycles. The molecule has 4 aromatic carbocycles. The number of rotatable bonds is 15. The Kier molecular flexibility index (Phi) is 11.1. The van der Waals surface area contributed by atoms with Crippen LogP contribution in [0.2, 0.25) is 0 Å². The minimum atomic E-state index is -4.12. The van der Waals surface area contributed by atoms with Crippen LogP contribution in [0.3, 0.4) is 0 Å². The fourth-order valence-corrected chi connectivity index (χ4v) is 11.1. The van der Waals surface area contributed by atoms with Crippen LogP contribution in [0.15, 0.2) is 120 Å². The van der Waals surface area contributed by atoms with Gasteiger partial charge in [-0.1, -0.05) is 0 Å². The van der Waals surface area contributed by atoms with Gasteiger partial charge in [-0.25, -0.2) is 5.32 Å². The van der Waals surface area contributed by atoms with E-state index < -0.39 is 6.91 Å². The normalized spacial score (nSPS) is 15.5. The first-order valence-electron chi connectivity index (χ1n) is 16.4. The molecule has 242 valence electrons. The van der Waals surface area contributed by atoms with Crippen LogP contribution < -0.4 is 37.0 Å². The maximum absolute atomic E-state index is 18.5. The van der Waals surface area contributed by atoms with Crippen molar-refractivity contribution >= 4 is 34.7 Å². The summed E-state index contributed by atoms with van der Waals surface area (Å²) in [4.78, 5) is 4.46. The minimum Gasteiger partial charge on any atom is -0.251 e. The molecular formula is C38H48FN5OP+. The molecule has 5 rings (SSSR count). The molecule has 0 radical (unpaired) electrons. The van der Waals surface area contributed by atoms with Crippen LogP contribution in [-0.4, -0.2) is 43.4 Å². The molecule has 0 spiro atoms. The van der Waals surface area contributed by atoms with Crippen molar-refractivity contribution in [2.45, 2.75) is 51.1 Å². The van der Waals surface area contributed by atoms with Crippen molar-refractivity contribution in [1.29, 1.82) is 0 Å². The molecule has 0 fully saturated rings. The fraction of sp³-hybridized carbons (Fsp3) is 0.316. The Morgan fingerprint density at radius 1 is 0.696 bits per heavy atom. The topological polar surface area (TPSA) is 74.7 Å². The van der Waals surface area contributed by atoms with Crippen LogP contribution >= 0.6 is 6.91 Å². The summed E-state index contributed by atoms with van der Waals surface area (Å²) in [5.41, 5.74) is 6.98. The van der Waals surface area contributed by atoms with Gasteiger partial charge in [0.1, 0.15) is 0 Å². The molecule has 1 aliphatic rings. The average molecular weight is 641 g/mol. The number of unbranched alkanes of at least 4 members (excludes halogenated alkanes) is 6. The maximum atomic E-state index is 18.5. The molecule has 4 N–H and O–H groups in total. The average Bonchev–Trinajstić information content (AvgIpc) is 3.10. The Morgan fingerprint density at radius 3 is 1.67 bits per heavy atom. The number of guanidine groups is 2. The van der Waals surface area contributed by atoms with Gasteiger partial charge < -0.3 is 5.73 Å². The molecule has 4 aromatic rings. The van der Waals surface area contributed by atoms with Crippen molar-refractivity contribution in [1.82, 2.24) is 10.6 Å². The Labute approximate surface area is 273 Å². The Morgan fingerprint density at radius 2 is 1.17 bits per heavy atom. The summed E-state index contributed by atoms with van der Waals surface area (Å²) in [6, 6.07) is 37.7. The smallest absolute Gasteiger partial charge is 0.251 e. The molecule has 0 bridgehead atoms. The van der Waals surface area contributed by atoms with E-state index in [1.54, 1.807) is 0 Å². The van der Waals surface area contributed by atoms with E-state index in [-0.39, 0.29) is 6.17 Å². The molecule has 0 saturated heterocycles. The SMILES string of the molecule is C[N+](C)=C1NC(N)=NC(c2ccc(OCCCCCCCCCP(F)(c3ccccc3)(c3ccccc3)c3ccccc3)cc2)N1. The van der Waals surface area contributed by atoms with E-state index in [4.69, 9.17) is 10.5 Å². The Balaban J connectivity index is 1.07. The summed E-state index contributed by atoms with van der Waals surface area (Å²) in [5.74, 6) is 2.06. The second-order valence-corrected chi connectivity index (χ2v) is 16.6. The van der Waals surface area contributed by atoms with Crippen molar-refractivity contribution < 1.29 is 13.5 Å². The van der Waals surface area contributed by atoms with Crippen molar-refractivity contribution in [3.05, 3.63) is 121 Å². The molecule has 46 heavy (non-hydrogen) atoms. The molecule has 8 heteroatoms. The van der Waals surface area contributed by atoms with Crippen molar-refractivity contribution in [2.24, 2.45) is 10.7 Å². The number of benzene rings is 4. The fourth-order valence-electron chi connectivity index (χ4n) is 6.27. The predicted molar refractivity (Wildman–Crippen MR) is 193 cm³/mol. The zero-order valence-electron chi connectivity index (χ0n) is 27.1. The number of halogens is 1. The van der Waals surface area contributed by atoms with Gasteiger partial charge in [0.2, 0.25) is 0 Å². The van der Waals surface area contributed by atoms with E-state index in [1.165, 1.54) is 0 Å². The number of nitrogens with one attached hydrogen (secondary N) is 2. The summed E-state index contributed by atoms with van der Waals surface area (Å²) < 4.78 is 26.4. The molecule has 1 unspecified atom stereocenters. The minimum absolute atomic E-state index is 0.239. The summed E-state index contributed by atoms with van der Waals surface area (Å²) in [6.45, 7) is -3.43. The number of ether oxygens (including phenoxy) is 1. The van der Waals surface area contributed by atoms with Crippen LogP contribution in [0.25, 0.3) is 0 Å². The molecular weight excluding hydrogens is 592 g/mol. The van der Waals surface area contributed by atoms with Gasteiger partial charge in [-0.2, -0.15) is 4.99 Å². The van der Waals surface area contributed by atoms with E-state index in [1.807, 2.05) is 134 Å². The Hall–Kier alpha value is -4.22. The number of nitrogens with two attached hydrogens (primary N) is 1. The first-order chi connectivity index (χ1) is 22.4. The number of aliphatic imine (C=N–C) groups is 1. The zero-order valence-corrected chi connectivity index (χ0v) is 28.0. The van der Waals surface area contributed by atoms with Crippen LogP contribution in [-0.2, 0) is 0 Å². The summed E-state index contributed by atoms with van der Waals surface area (Å²) in [5, 5.41) is 8.83. The molecule has 1 aliphatic heterocycles.